The molecule has 0 atom stereocenters. The molecule has 2 aliphatic rings. The number of benzene rings is 1. The number of nitrogens with one attached hydrogen (secondary N) is 1. The first kappa shape index (κ1) is 24.1. The molecule has 2 aliphatic heterocycles. The fraction of sp³-hybridized carbons (Fsp3) is 0.632. The Bertz CT molecular complexity index is 589. The zero-order chi connectivity index (χ0) is 17.7. The van der Waals surface area contributed by atoms with Crippen LogP contribution in [0.3, 0.4) is 0 Å². The van der Waals surface area contributed by atoms with Crippen molar-refractivity contribution < 1.29 is 14.6 Å². The van der Waals surface area contributed by atoms with Gasteiger partial charge in [-0.05, 0) is 43.4 Å². The van der Waals surface area contributed by atoms with Crippen LogP contribution in [0.2, 0.25) is 0 Å². The molecule has 2 fully saturated rings. The van der Waals surface area contributed by atoms with E-state index >= 15 is 0 Å². The normalized spacial score (nSPS) is 20.2. The number of likely N-dealkylation sites (tertiary alicyclic amines) is 1. The number of nitrogens with zero attached hydrogens (tertiary/aromatic N) is 1. The Balaban J connectivity index is 0.00000182. The van der Waals surface area contributed by atoms with Crippen LogP contribution in [0.4, 0.5) is 5.69 Å². The third-order valence-corrected chi connectivity index (χ3v) is 5.47. The van der Waals surface area contributed by atoms with Gasteiger partial charge in [-0.15, -0.1) is 24.8 Å². The molecular formula is C19H31Cl2N3O3. The summed E-state index contributed by atoms with van der Waals surface area (Å²) in [6.07, 6.45) is 2.85. The Morgan fingerprint density at radius 1 is 1.26 bits per heavy atom. The van der Waals surface area contributed by atoms with Crippen molar-refractivity contribution in [3.63, 3.8) is 0 Å². The minimum absolute atomic E-state index is 0. The molecule has 0 spiro atoms. The first-order chi connectivity index (χ1) is 12.1. The summed E-state index contributed by atoms with van der Waals surface area (Å²) in [4.78, 5) is 15.1. The van der Waals surface area contributed by atoms with Gasteiger partial charge in [0.25, 0.3) is 0 Å². The largest absolute Gasteiger partial charge is 0.393 e. The smallest absolute Gasteiger partial charge is 0.232 e. The van der Waals surface area contributed by atoms with Gasteiger partial charge in [0.05, 0.1) is 11.5 Å². The molecule has 3 rings (SSSR count). The maximum absolute atomic E-state index is 12.8. The number of piperidine rings is 1. The van der Waals surface area contributed by atoms with E-state index in [0.29, 0.717) is 32.6 Å². The number of halogens is 2. The SMILES string of the molecule is Cl.Cl.NCC1(C(=O)Nc2cccc(CN3CCC(O)CC3)c2)CCOCC1. The van der Waals surface area contributed by atoms with Crippen LogP contribution in [0, 0.1) is 5.41 Å². The fourth-order valence-electron chi connectivity index (χ4n) is 3.63. The average Bonchev–Trinajstić information content (AvgIpc) is 2.64. The molecule has 8 heteroatoms. The van der Waals surface area contributed by atoms with E-state index in [0.717, 1.165) is 38.2 Å². The molecule has 154 valence electrons. The Labute approximate surface area is 173 Å². The summed E-state index contributed by atoms with van der Waals surface area (Å²) in [5.41, 5.74) is 7.39. The van der Waals surface area contributed by atoms with Crippen LogP contribution in [-0.4, -0.2) is 54.9 Å². The molecule has 27 heavy (non-hydrogen) atoms. The number of carbonyl (C=O) groups is 1. The second-order valence-corrected chi connectivity index (χ2v) is 7.26. The minimum Gasteiger partial charge on any atom is -0.393 e. The lowest BCUT2D eigenvalue weighted by atomic mass is 9.79. The molecule has 1 amide bonds. The van der Waals surface area contributed by atoms with Crippen molar-refractivity contribution in [2.45, 2.75) is 38.3 Å². The van der Waals surface area contributed by atoms with Crippen LogP contribution in [0.25, 0.3) is 0 Å². The van der Waals surface area contributed by atoms with Crippen LogP contribution in [-0.2, 0) is 16.1 Å². The molecule has 0 bridgehead atoms. The highest BCUT2D eigenvalue weighted by Crippen LogP contribution is 2.31. The van der Waals surface area contributed by atoms with Crippen LogP contribution in [0.15, 0.2) is 24.3 Å². The van der Waals surface area contributed by atoms with E-state index in [9.17, 15) is 9.90 Å². The van der Waals surface area contributed by atoms with Gasteiger partial charge in [-0.1, -0.05) is 12.1 Å². The number of amides is 1. The summed E-state index contributed by atoms with van der Waals surface area (Å²) >= 11 is 0. The maximum atomic E-state index is 12.8. The Morgan fingerprint density at radius 2 is 1.93 bits per heavy atom. The van der Waals surface area contributed by atoms with Crippen molar-refractivity contribution in [1.82, 2.24) is 4.90 Å². The van der Waals surface area contributed by atoms with E-state index in [1.54, 1.807) is 0 Å². The van der Waals surface area contributed by atoms with Gasteiger partial charge in [0, 0.05) is 45.1 Å². The first-order valence-electron chi connectivity index (χ1n) is 9.20. The highest BCUT2D eigenvalue weighted by atomic mass is 35.5. The van der Waals surface area contributed by atoms with E-state index in [2.05, 4.69) is 16.3 Å². The van der Waals surface area contributed by atoms with E-state index in [1.807, 2.05) is 18.2 Å². The third kappa shape index (κ3) is 6.31. The molecule has 0 saturated carbocycles. The molecule has 2 saturated heterocycles. The lowest BCUT2D eigenvalue weighted by Crippen LogP contribution is -2.46. The molecule has 6 nitrogen and oxygen atoms in total. The fourth-order valence-corrected chi connectivity index (χ4v) is 3.63. The molecule has 0 unspecified atom stereocenters. The average molecular weight is 420 g/mol. The number of nitrogens with two attached hydrogens (primary N) is 1. The molecular weight excluding hydrogens is 389 g/mol. The number of anilines is 1. The standard InChI is InChI=1S/C19H29N3O3.2ClH/c20-14-19(6-10-25-11-7-19)18(24)21-16-3-1-2-15(12-16)13-22-8-4-17(23)5-9-22;;/h1-3,12,17,23H,4-11,13-14,20H2,(H,21,24);2*1H. The van der Waals surface area contributed by atoms with Crippen molar-refractivity contribution in [3.05, 3.63) is 29.8 Å². The number of hydrogen-bond donors (Lipinski definition) is 3. The highest BCUT2D eigenvalue weighted by molar-refractivity contribution is 5.95. The number of aliphatic hydroxyl groups is 1. The monoisotopic (exact) mass is 419 g/mol. The summed E-state index contributed by atoms with van der Waals surface area (Å²) in [6, 6.07) is 8.01. The van der Waals surface area contributed by atoms with Gasteiger partial charge in [0.2, 0.25) is 5.91 Å². The lowest BCUT2D eigenvalue weighted by molar-refractivity contribution is -0.130. The predicted molar refractivity (Wildman–Crippen MR) is 112 cm³/mol. The number of hydrogen-bond acceptors (Lipinski definition) is 5. The second-order valence-electron chi connectivity index (χ2n) is 7.26. The van der Waals surface area contributed by atoms with E-state index in [1.165, 1.54) is 5.56 Å². The van der Waals surface area contributed by atoms with Gasteiger partial charge in [0.15, 0.2) is 0 Å². The van der Waals surface area contributed by atoms with Gasteiger partial charge in [0.1, 0.15) is 0 Å². The molecule has 1 aromatic rings. The van der Waals surface area contributed by atoms with Gasteiger partial charge < -0.3 is 20.9 Å². The van der Waals surface area contributed by atoms with Crippen LogP contribution in [0.5, 0.6) is 0 Å². The molecule has 2 heterocycles. The van der Waals surface area contributed by atoms with Crippen molar-refractivity contribution in [2.24, 2.45) is 11.1 Å². The third-order valence-electron chi connectivity index (χ3n) is 5.47. The topological polar surface area (TPSA) is 87.8 Å². The van der Waals surface area contributed by atoms with Crippen LogP contribution < -0.4 is 11.1 Å². The number of carbonyl (C=O) groups excluding carboxylic acids is 1. The van der Waals surface area contributed by atoms with Gasteiger partial charge in [-0.2, -0.15) is 0 Å². The van der Waals surface area contributed by atoms with Gasteiger partial charge >= 0.3 is 0 Å². The number of rotatable bonds is 5. The molecule has 4 N–H and O–H groups in total. The maximum Gasteiger partial charge on any atom is 0.232 e. The van der Waals surface area contributed by atoms with E-state index < -0.39 is 5.41 Å². The number of aliphatic hydroxyl groups excluding tert-OH is 1. The Morgan fingerprint density at radius 3 is 2.56 bits per heavy atom. The van der Waals surface area contributed by atoms with Crippen molar-refractivity contribution >= 4 is 36.4 Å². The second kappa shape index (κ2) is 11.2. The quantitative estimate of drug-likeness (QED) is 0.680. The summed E-state index contributed by atoms with van der Waals surface area (Å²) in [6.45, 7) is 4.18. The van der Waals surface area contributed by atoms with Crippen molar-refractivity contribution in [2.75, 3.05) is 38.2 Å². The summed E-state index contributed by atoms with van der Waals surface area (Å²) in [5.74, 6) is -0.00320. The van der Waals surface area contributed by atoms with E-state index in [-0.39, 0.29) is 36.8 Å². The van der Waals surface area contributed by atoms with Crippen LogP contribution >= 0.6 is 24.8 Å². The lowest BCUT2D eigenvalue weighted by Gasteiger charge is -2.34. The summed E-state index contributed by atoms with van der Waals surface area (Å²) < 4.78 is 5.38. The highest BCUT2D eigenvalue weighted by Gasteiger charge is 2.38. The van der Waals surface area contributed by atoms with Crippen LogP contribution in [0.1, 0.15) is 31.2 Å². The van der Waals surface area contributed by atoms with Crippen molar-refractivity contribution in [1.29, 1.82) is 0 Å². The first-order valence-corrected chi connectivity index (χ1v) is 9.20. The number of ether oxygens (including phenoxy) is 1. The Hall–Kier alpha value is -0.890. The van der Waals surface area contributed by atoms with Gasteiger partial charge in [-0.25, -0.2) is 0 Å². The summed E-state index contributed by atoms with van der Waals surface area (Å²) in [5, 5.41) is 12.7. The van der Waals surface area contributed by atoms with Gasteiger partial charge in [-0.3, -0.25) is 9.69 Å². The molecule has 1 aromatic carbocycles. The molecule has 0 radical (unpaired) electrons. The van der Waals surface area contributed by atoms with E-state index in [4.69, 9.17) is 10.5 Å². The predicted octanol–water partition coefficient (Wildman–Crippen LogP) is 2.18. The van der Waals surface area contributed by atoms with Crippen molar-refractivity contribution in [3.8, 4) is 0 Å². The molecule has 0 aliphatic carbocycles. The summed E-state index contributed by atoms with van der Waals surface area (Å²) in [7, 11) is 0. The minimum atomic E-state index is -0.517. The zero-order valence-corrected chi connectivity index (χ0v) is 17.2. The molecule has 0 aromatic heterocycles. The Kier molecular flexibility index (Phi) is 10.0. The zero-order valence-electron chi connectivity index (χ0n) is 15.6.